The molecule has 1 unspecified atom stereocenters. The van der Waals surface area contributed by atoms with Crippen molar-refractivity contribution in [1.29, 1.82) is 0 Å². The topological polar surface area (TPSA) is 26.0 Å². The number of aromatic nitrogens is 3. The molecule has 1 aromatic carbocycles. The zero-order chi connectivity index (χ0) is 16.7. The minimum atomic E-state index is 0.300. The van der Waals surface area contributed by atoms with E-state index in [0.29, 0.717) is 6.04 Å². The third kappa shape index (κ3) is 2.47. The van der Waals surface area contributed by atoms with E-state index in [2.05, 4.69) is 77.1 Å². The number of aryl methyl sites for hydroxylation is 2. The van der Waals surface area contributed by atoms with E-state index >= 15 is 0 Å². The molecule has 0 N–H and O–H groups in total. The minimum Gasteiger partial charge on any atom is -0.348 e. The number of hydrogen-bond acceptors (Lipinski definition) is 2. The van der Waals surface area contributed by atoms with Crippen LogP contribution in [0, 0.1) is 13.8 Å². The summed E-state index contributed by atoms with van der Waals surface area (Å²) >= 11 is 0. The summed E-state index contributed by atoms with van der Waals surface area (Å²) in [6, 6.07) is 15.6. The average Bonchev–Trinajstić information content (AvgIpc) is 3.15. The van der Waals surface area contributed by atoms with E-state index in [1.807, 2.05) is 11.7 Å². The van der Waals surface area contributed by atoms with E-state index < -0.39 is 0 Å². The van der Waals surface area contributed by atoms with Crippen LogP contribution >= 0.6 is 0 Å². The summed E-state index contributed by atoms with van der Waals surface area (Å²) in [6.45, 7) is 7.32. The number of nitrogens with zero attached hydrogens (tertiary/aromatic N) is 4. The van der Waals surface area contributed by atoms with E-state index in [1.54, 1.807) is 0 Å². The second kappa shape index (κ2) is 5.95. The van der Waals surface area contributed by atoms with Gasteiger partial charge >= 0.3 is 0 Å². The third-order valence-corrected chi connectivity index (χ3v) is 5.27. The van der Waals surface area contributed by atoms with Crippen LogP contribution in [0.3, 0.4) is 0 Å². The molecule has 2 aromatic heterocycles. The van der Waals surface area contributed by atoms with Crippen molar-refractivity contribution in [3.05, 3.63) is 76.9 Å². The van der Waals surface area contributed by atoms with Crippen molar-refractivity contribution >= 4 is 0 Å². The molecular weight excluding hydrogens is 296 g/mol. The third-order valence-electron chi connectivity index (χ3n) is 5.27. The smallest absolute Gasteiger partial charge is 0.0759 e. The highest BCUT2D eigenvalue weighted by Crippen LogP contribution is 2.34. The van der Waals surface area contributed by atoms with Crippen molar-refractivity contribution in [3.63, 3.8) is 0 Å². The maximum absolute atomic E-state index is 4.59. The number of hydrogen-bond donors (Lipinski definition) is 0. The zero-order valence-electron chi connectivity index (χ0n) is 14.6. The van der Waals surface area contributed by atoms with Crippen molar-refractivity contribution in [1.82, 2.24) is 19.2 Å². The summed E-state index contributed by atoms with van der Waals surface area (Å²) in [5, 5.41) is 4.59. The molecular formula is C20H24N4. The molecule has 1 atom stereocenters. The number of rotatable bonds is 3. The lowest BCUT2D eigenvalue weighted by Crippen LogP contribution is -2.38. The maximum Gasteiger partial charge on any atom is 0.0759 e. The maximum atomic E-state index is 4.59. The van der Waals surface area contributed by atoms with Crippen LogP contribution < -0.4 is 0 Å². The summed E-state index contributed by atoms with van der Waals surface area (Å²) in [4.78, 5) is 2.58. The number of fused-ring (bicyclic) bond motifs is 1. The fourth-order valence-corrected chi connectivity index (χ4v) is 3.87. The highest BCUT2D eigenvalue weighted by Gasteiger charge is 2.29. The van der Waals surface area contributed by atoms with Gasteiger partial charge in [0, 0.05) is 49.8 Å². The lowest BCUT2D eigenvalue weighted by atomic mass is 9.99. The molecule has 3 heterocycles. The SMILES string of the molecule is Cc1nn(C)c(C)c1CN1CCn2cccc2C1c1ccccc1. The van der Waals surface area contributed by atoms with Crippen LogP contribution in [0.2, 0.25) is 0 Å². The van der Waals surface area contributed by atoms with E-state index in [4.69, 9.17) is 0 Å². The first kappa shape index (κ1) is 15.2. The molecule has 1 aliphatic rings. The Labute approximate surface area is 143 Å². The molecule has 4 rings (SSSR count). The van der Waals surface area contributed by atoms with Crippen LogP contribution in [0.1, 0.15) is 34.3 Å². The van der Waals surface area contributed by atoms with Crippen molar-refractivity contribution in [2.75, 3.05) is 6.54 Å². The van der Waals surface area contributed by atoms with E-state index in [0.717, 1.165) is 25.3 Å². The Morgan fingerprint density at radius 1 is 1.04 bits per heavy atom. The van der Waals surface area contributed by atoms with Gasteiger partial charge in [0.1, 0.15) is 0 Å². The average molecular weight is 320 g/mol. The van der Waals surface area contributed by atoms with Gasteiger partial charge in [-0.2, -0.15) is 5.10 Å². The lowest BCUT2D eigenvalue weighted by Gasteiger charge is -2.37. The van der Waals surface area contributed by atoms with Gasteiger partial charge in [-0.25, -0.2) is 0 Å². The minimum absolute atomic E-state index is 0.300. The monoisotopic (exact) mass is 320 g/mol. The largest absolute Gasteiger partial charge is 0.348 e. The Hall–Kier alpha value is -2.33. The molecule has 0 radical (unpaired) electrons. The molecule has 1 aliphatic heterocycles. The highest BCUT2D eigenvalue weighted by molar-refractivity contribution is 5.32. The Morgan fingerprint density at radius 2 is 1.83 bits per heavy atom. The van der Waals surface area contributed by atoms with Gasteiger partial charge in [0.2, 0.25) is 0 Å². The predicted octanol–water partition coefficient (Wildman–Crippen LogP) is 3.44. The molecule has 0 saturated heterocycles. The molecule has 0 amide bonds. The first-order chi connectivity index (χ1) is 11.6. The molecule has 4 nitrogen and oxygen atoms in total. The second-order valence-electron chi connectivity index (χ2n) is 6.68. The van der Waals surface area contributed by atoms with Crippen LogP contribution in [0.5, 0.6) is 0 Å². The molecule has 0 fully saturated rings. The molecule has 0 bridgehead atoms. The molecule has 0 spiro atoms. The Kier molecular flexibility index (Phi) is 3.77. The molecule has 124 valence electrons. The number of benzene rings is 1. The standard InChI is InChI=1S/C20H24N4/c1-15-18(16(2)22(3)21-15)14-24-13-12-23-11-7-10-19(23)20(24)17-8-5-4-6-9-17/h4-11,20H,12-14H2,1-3H3. The summed E-state index contributed by atoms with van der Waals surface area (Å²) in [6.07, 6.45) is 2.20. The van der Waals surface area contributed by atoms with E-state index in [9.17, 15) is 0 Å². The fourth-order valence-electron chi connectivity index (χ4n) is 3.87. The quantitative estimate of drug-likeness (QED) is 0.739. The predicted molar refractivity (Wildman–Crippen MR) is 95.8 cm³/mol. The highest BCUT2D eigenvalue weighted by atomic mass is 15.3. The zero-order valence-corrected chi connectivity index (χ0v) is 14.6. The summed E-state index contributed by atoms with van der Waals surface area (Å²) in [5.41, 5.74) is 6.50. The molecule has 0 saturated carbocycles. The van der Waals surface area contributed by atoms with E-state index in [1.165, 1.54) is 22.5 Å². The van der Waals surface area contributed by atoms with Crippen LogP contribution in [0.15, 0.2) is 48.7 Å². The first-order valence-electron chi connectivity index (χ1n) is 8.58. The summed E-state index contributed by atoms with van der Waals surface area (Å²) in [7, 11) is 2.03. The van der Waals surface area contributed by atoms with Gasteiger partial charge in [-0.05, 0) is 31.5 Å². The normalized spacial score (nSPS) is 17.9. The molecule has 0 aliphatic carbocycles. The Morgan fingerprint density at radius 3 is 2.54 bits per heavy atom. The second-order valence-corrected chi connectivity index (χ2v) is 6.68. The van der Waals surface area contributed by atoms with Gasteiger partial charge in [0.25, 0.3) is 0 Å². The summed E-state index contributed by atoms with van der Waals surface area (Å²) < 4.78 is 4.38. The molecule has 3 aromatic rings. The van der Waals surface area contributed by atoms with Crippen LogP contribution in [0.25, 0.3) is 0 Å². The molecule has 4 heteroatoms. The fraction of sp³-hybridized carbons (Fsp3) is 0.350. The van der Waals surface area contributed by atoms with Gasteiger partial charge in [0.15, 0.2) is 0 Å². The van der Waals surface area contributed by atoms with Gasteiger partial charge in [-0.3, -0.25) is 9.58 Å². The molecule has 24 heavy (non-hydrogen) atoms. The van der Waals surface area contributed by atoms with E-state index in [-0.39, 0.29) is 0 Å². The lowest BCUT2D eigenvalue weighted by molar-refractivity contribution is 0.174. The van der Waals surface area contributed by atoms with Gasteiger partial charge < -0.3 is 4.57 Å². The van der Waals surface area contributed by atoms with Crippen molar-refractivity contribution < 1.29 is 0 Å². The van der Waals surface area contributed by atoms with Crippen molar-refractivity contribution in [3.8, 4) is 0 Å². The van der Waals surface area contributed by atoms with Crippen LogP contribution in [0.4, 0.5) is 0 Å². The van der Waals surface area contributed by atoms with Gasteiger partial charge in [0.05, 0.1) is 11.7 Å². The van der Waals surface area contributed by atoms with Crippen LogP contribution in [-0.2, 0) is 20.1 Å². The van der Waals surface area contributed by atoms with Crippen molar-refractivity contribution in [2.24, 2.45) is 7.05 Å². The van der Waals surface area contributed by atoms with Gasteiger partial charge in [-0.1, -0.05) is 30.3 Å². The first-order valence-corrected chi connectivity index (χ1v) is 8.58. The van der Waals surface area contributed by atoms with Crippen molar-refractivity contribution in [2.45, 2.75) is 33.0 Å². The Balaban J connectivity index is 1.74. The van der Waals surface area contributed by atoms with Crippen LogP contribution in [-0.4, -0.2) is 25.8 Å². The summed E-state index contributed by atoms with van der Waals surface area (Å²) in [5.74, 6) is 0. The van der Waals surface area contributed by atoms with Gasteiger partial charge in [-0.15, -0.1) is 0 Å². The Bertz CT molecular complexity index is 844.